The van der Waals surface area contributed by atoms with Crippen molar-refractivity contribution in [2.24, 2.45) is 5.92 Å². The van der Waals surface area contributed by atoms with Crippen LogP contribution in [0.2, 0.25) is 0 Å². The first-order valence-corrected chi connectivity index (χ1v) is 6.96. The summed E-state index contributed by atoms with van der Waals surface area (Å²) in [5.41, 5.74) is 0.961. The number of benzene rings is 1. The molecule has 5 heteroatoms. The Bertz CT molecular complexity index is 512. The van der Waals surface area contributed by atoms with E-state index >= 15 is 0 Å². The van der Waals surface area contributed by atoms with Gasteiger partial charge in [-0.25, -0.2) is 13.1 Å². The summed E-state index contributed by atoms with van der Waals surface area (Å²) >= 11 is 0. The van der Waals surface area contributed by atoms with Crippen LogP contribution in [0.5, 0.6) is 0 Å². The molecule has 0 aliphatic carbocycles. The number of rotatable bonds is 0. The summed E-state index contributed by atoms with van der Waals surface area (Å²) < 4.78 is 26.7. The molecular formula is C11H14N2O2S. The molecule has 2 atom stereocenters. The first kappa shape index (κ1) is 10.3. The summed E-state index contributed by atoms with van der Waals surface area (Å²) in [5.74, 6) is 0.694. The van der Waals surface area contributed by atoms with Gasteiger partial charge < -0.3 is 5.32 Å². The lowest BCUT2D eigenvalue weighted by Gasteiger charge is -2.15. The molecule has 1 fully saturated rings. The normalized spacial score (nSPS) is 31.5. The fraction of sp³-hybridized carbons (Fsp3) is 0.455. The molecule has 1 aromatic rings. The SMILES string of the molecule is O=S1(=O)NC[C@H]2CNC[C@@H]2c2ccccc21. The van der Waals surface area contributed by atoms with Crippen molar-refractivity contribution in [3.05, 3.63) is 29.8 Å². The molecule has 4 nitrogen and oxygen atoms in total. The molecule has 2 heterocycles. The molecule has 0 radical (unpaired) electrons. The minimum Gasteiger partial charge on any atom is -0.316 e. The zero-order valence-corrected chi connectivity index (χ0v) is 9.63. The van der Waals surface area contributed by atoms with Gasteiger partial charge >= 0.3 is 0 Å². The summed E-state index contributed by atoms with van der Waals surface area (Å²) in [7, 11) is -3.30. The van der Waals surface area contributed by atoms with Crippen molar-refractivity contribution in [3.8, 4) is 0 Å². The van der Waals surface area contributed by atoms with Crippen molar-refractivity contribution in [1.82, 2.24) is 10.0 Å². The van der Waals surface area contributed by atoms with Crippen LogP contribution in [-0.4, -0.2) is 28.1 Å². The predicted molar refractivity (Wildman–Crippen MR) is 60.7 cm³/mol. The van der Waals surface area contributed by atoms with Gasteiger partial charge in [-0.2, -0.15) is 0 Å². The Balaban J connectivity index is 2.20. The van der Waals surface area contributed by atoms with Crippen molar-refractivity contribution >= 4 is 10.0 Å². The van der Waals surface area contributed by atoms with E-state index in [-0.39, 0.29) is 0 Å². The smallest absolute Gasteiger partial charge is 0.240 e. The van der Waals surface area contributed by atoms with Crippen LogP contribution in [0.25, 0.3) is 0 Å². The Kier molecular flexibility index (Phi) is 2.27. The summed E-state index contributed by atoms with van der Waals surface area (Å²) in [6.45, 7) is 2.30. The fourth-order valence-electron chi connectivity index (χ4n) is 2.64. The molecule has 0 unspecified atom stereocenters. The van der Waals surface area contributed by atoms with E-state index in [1.165, 1.54) is 0 Å². The molecule has 2 N–H and O–H groups in total. The molecule has 0 aromatic heterocycles. The van der Waals surface area contributed by atoms with E-state index in [9.17, 15) is 8.42 Å². The van der Waals surface area contributed by atoms with Gasteiger partial charge in [-0.3, -0.25) is 0 Å². The zero-order chi connectivity index (χ0) is 11.2. The molecule has 0 bridgehead atoms. The van der Waals surface area contributed by atoms with Crippen molar-refractivity contribution in [1.29, 1.82) is 0 Å². The summed E-state index contributed by atoms with van der Waals surface area (Å²) in [6.07, 6.45) is 0. The quantitative estimate of drug-likeness (QED) is 0.682. The number of nitrogens with one attached hydrogen (secondary N) is 2. The zero-order valence-electron chi connectivity index (χ0n) is 8.81. The summed E-state index contributed by atoms with van der Waals surface area (Å²) in [6, 6.07) is 7.32. The van der Waals surface area contributed by atoms with Gasteiger partial charge in [0, 0.05) is 19.0 Å². The van der Waals surface area contributed by atoms with Gasteiger partial charge in [0.2, 0.25) is 10.0 Å². The largest absolute Gasteiger partial charge is 0.316 e. The lowest BCUT2D eigenvalue weighted by molar-refractivity contribution is 0.511. The van der Waals surface area contributed by atoms with Crippen molar-refractivity contribution in [3.63, 3.8) is 0 Å². The molecule has 0 spiro atoms. The Hall–Kier alpha value is -0.910. The fourth-order valence-corrected chi connectivity index (χ4v) is 4.01. The third kappa shape index (κ3) is 1.47. The Morgan fingerprint density at radius 2 is 1.94 bits per heavy atom. The molecule has 86 valence electrons. The lowest BCUT2D eigenvalue weighted by Crippen LogP contribution is -2.28. The monoisotopic (exact) mass is 238 g/mol. The van der Waals surface area contributed by atoms with Crippen LogP contribution in [0.15, 0.2) is 29.2 Å². The molecule has 0 saturated carbocycles. The maximum Gasteiger partial charge on any atom is 0.240 e. The number of hydrogen-bond acceptors (Lipinski definition) is 3. The van der Waals surface area contributed by atoms with Gasteiger partial charge in [-0.15, -0.1) is 0 Å². The van der Waals surface area contributed by atoms with Gasteiger partial charge in [0.05, 0.1) is 4.90 Å². The van der Waals surface area contributed by atoms with Crippen LogP contribution in [0.1, 0.15) is 11.5 Å². The first-order valence-electron chi connectivity index (χ1n) is 5.48. The van der Waals surface area contributed by atoms with Crippen LogP contribution in [0.3, 0.4) is 0 Å². The van der Waals surface area contributed by atoms with Crippen LogP contribution < -0.4 is 10.0 Å². The van der Waals surface area contributed by atoms with Crippen molar-refractivity contribution < 1.29 is 8.42 Å². The van der Waals surface area contributed by atoms with Crippen molar-refractivity contribution in [2.45, 2.75) is 10.8 Å². The van der Waals surface area contributed by atoms with E-state index in [2.05, 4.69) is 10.0 Å². The Labute approximate surface area is 95.1 Å². The van der Waals surface area contributed by atoms with Crippen LogP contribution in [0.4, 0.5) is 0 Å². The van der Waals surface area contributed by atoms with E-state index in [0.717, 1.165) is 18.7 Å². The third-order valence-electron chi connectivity index (χ3n) is 3.48. The van der Waals surface area contributed by atoms with E-state index in [0.29, 0.717) is 23.3 Å². The minimum absolute atomic E-state index is 0.320. The highest BCUT2D eigenvalue weighted by Gasteiger charge is 2.36. The average Bonchev–Trinajstić information content (AvgIpc) is 2.71. The topological polar surface area (TPSA) is 58.2 Å². The van der Waals surface area contributed by atoms with E-state index in [4.69, 9.17) is 0 Å². The van der Waals surface area contributed by atoms with Crippen LogP contribution in [-0.2, 0) is 10.0 Å². The van der Waals surface area contributed by atoms with Gasteiger partial charge in [0.25, 0.3) is 0 Å². The molecule has 1 aromatic carbocycles. The Morgan fingerprint density at radius 1 is 1.12 bits per heavy atom. The minimum atomic E-state index is -3.30. The number of fused-ring (bicyclic) bond motifs is 3. The van der Waals surface area contributed by atoms with E-state index in [1.807, 2.05) is 12.1 Å². The van der Waals surface area contributed by atoms with Gasteiger partial charge in [-0.05, 0) is 24.1 Å². The summed E-state index contributed by atoms with van der Waals surface area (Å²) in [5, 5.41) is 3.33. The highest BCUT2D eigenvalue weighted by Crippen LogP contribution is 2.34. The highest BCUT2D eigenvalue weighted by atomic mass is 32.2. The average molecular weight is 238 g/mol. The first-order chi connectivity index (χ1) is 7.68. The third-order valence-corrected chi connectivity index (χ3v) is 4.98. The summed E-state index contributed by atoms with van der Waals surface area (Å²) in [4.78, 5) is 0.450. The molecular weight excluding hydrogens is 224 g/mol. The maximum atomic E-state index is 12.0. The van der Waals surface area contributed by atoms with Crippen LogP contribution >= 0.6 is 0 Å². The molecule has 0 amide bonds. The Morgan fingerprint density at radius 3 is 2.81 bits per heavy atom. The van der Waals surface area contributed by atoms with E-state index in [1.54, 1.807) is 12.1 Å². The second kappa shape index (κ2) is 3.55. The van der Waals surface area contributed by atoms with Gasteiger partial charge in [0.1, 0.15) is 0 Å². The second-order valence-corrected chi connectivity index (χ2v) is 6.15. The number of sulfonamides is 1. The standard InChI is InChI=1S/C11H14N2O2S/c14-16(15)11-4-2-1-3-9(11)10-7-12-5-8(10)6-13-16/h1-4,8,10,12-13H,5-7H2/t8-,10+/m1/s1. The maximum absolute atomic E-state index is 12.0. The van der Waals surface area contributed by atoms with Gasteiger partial charge in [0.15, 0.2) is 0 Å². The molecule has 16 heavy (non-hydrogen) atoms. The van der Waals surface area contributed by atoms with E-state index < -0.39 is 10.0 Å². The molecule has 3 rings (SSSR count). The molecule has 2 aliphatic rings. The second-order valence-electron chi connectivity index (χ2n) is 4.41. The molecule has 1 saturated heterocycles. The van der Waals surface area contributed by atoms with Gasteiger partial charge in [-0.1, -0.05) is 18.2 Å². The highest BCUT2D eigenvalue weighted by molar-refractivity contribution is 7.89. The van der Waals surface area contributed by atoms with Crippen LogP contribution in [0, 0.1) is 5.92 Å². The molecule has 2 aliphatic heterocycles. The lowest BCUT2D eigenvalue weighted by atomic mass is 9.89. The number of hydrogen-bond donors (Lipinski definition) is 2. The van der Waals surface area contributed by atoms with Crippen molar-refractivity contribution in [2.75, 3.05) is 19.6 Å². The predicted octanol–water partition coefficient (Wildman–Crippen LogP) is 0.282.